The molecule has 0 saturated carbocycles. The number of aryl methyl sites for hydroxylation is 1. The van der Waals surface area contributed by atoms with Gasteiger partial charge in [0.15, 0.2) is 11.5 Å². The maximum Gasteiger partial charge on any atom is 0.272 e. The molecule has 1 heterocycles. The van der Waals surface area contributed by atoms with Gasteiger partial charge in [-0.2, -0.15) is 0 Å². The van der Waals surface area contributed by atoms with Crippen LogP contribution in [0.5, 0.6) is 11.5 Å². The number of primary amides is 1. The van der Waals surface area contributed by atoms with E-state index in [-0.39, 0.29) is 17.2 Å². The molecule has 1 aromatic carbocycles. The highest BCUT2D eigenvalue weighted by molar-refractivity contribution is 5.95. The second-order valence-electron chi connectivity index (χ2n) is 5.59. The molecule has 0 fully saturated rings. The van der Waals surface area contributed by atoms with E-state index in [9.17, 15) is 9.59 Å². The number of nitrogens with zero attached hydrogens (tertiary/aromatic N) is 2. The number of pyridine rings is 1. The van der Waals surface area contributed by atoms with E-state index in [0.717, 1.165) is 11.1 Å². The first-order chi connectivity index (χ1) is 11.9. The number of nitrogens with two attached hydrogens (primary N) is 1. The zero-order valence-electron chi connectivity index (χ0n) is 14.7. The summed E-state index contributed by atoms with van der Waals surface area (Å²) in [6, 6.07) is 6.69. The summed E-state index contributed by atoms with van der Waals surface area (Å²) >= 11 is 0. The van der Waals surface area contributed by atoms with Crippen molar-refractivity contribution in [2.75, 3.05) is 21.3 Å². The Balaban J connectivity index is 2.19. The van der Waals surface area contributed by atoms with E-state index >= 15 is 0 Å². The Morgan fingerprint density at radius 2 is 1.80 bits per heavy atom. The van der Waals surface area contributed by atoms with Crippen molar-refractivity contribution in [3.05, 3.63) is 52.8 Å². The molecular weight excluding hydrogens is 322 g/mol. The van der Waals surface area contributed by atoms with Crippen molar-refractivity contribution >= 4 is 11.8 Å². The van der Waals surface area contributed by atoms with Crippen molar-refractivity contribution in [2.24, 2.45) is 5.73 Å². The summed E-state index contributed by atoms with van der Waals surface area (Å²) in [5.41, 5.74) is 7.59. The summed E-state index contributed by atoms with van der Waals surface area (Å²) in [7, 11) is 4.83. The van der Waals surface area contributed by atoms with Crippen LogP contribution in [0.15, 0.2) is 30.5 Å². The van der Waals surface area contributed by atoms with E-state index in [1.54, 1.807) is 26.2 Å². The van der Waals surface area contributed by atoms with Crippen molar-refractivity contribution < 1.29 is 19.1 Å². The quantitative estimate of drug-likeness (QED) is 0.863. The Hall–Kier alpha value is -3.09. The number of aromatic nitrogens is 1. The fourth-order valence-electron chi connectivity index (χ4n) is 2.38. The Kier molecular flexibility index (Phi) is 5.59. The average Bonchev–Trinajstić information content (AvgIpc) is 2.62. The molecule has 7 heteroatoms. The van der Waals surface area contributed by atoms with E-state index in [1.807, 2.05) is 19.1 Å². The first-order valence-corrected chi connectivity index (χ1v) is 7.60. The Morgan fingerprint density at radius 1 is 1.16 bits per heavy atom. The van der Waals surface area contributed by atoms with Crippen molar-refractivity contribution in [2.45, 2.75) is 13.5 Å². The fraction of sp³-hybridized carbons (Fsp3) is 0.278. The number of methoxy groups -OCH3 is 2. The van der Waals surface area contributed by atoms with Crippen LogP contribution in [0.25, 0.3) is 0 Å². The first-order valence-electron chi connectivity index (χ1n) is 7.60. The van der Waals surface area contributed by atoms with Gasteiger partial charge in [-0.25, -0.2) is 0 Å². The number of amides is 2. The predicted octanol–water partition coefficient (Wildman–Crippen LogP) is 1.78. The molecule has 0 radical (unpaired) electrons. The summed E-state index contributed by atoms with van der Waals surface area (Å²) < 4.78 is 10.6. The highest BCUT2D eigenvalue weighted by Crippen LogP contribution is 2.30. The topological polar surface area (TPSA) is 94.8 Å². The van der Waals surface area contributed by atoms with Gasteiger partial charge in [0.1, 0.15) is 5.69 Å². The zero-order chi connectivity index (χ0) is 18.6. The van der Waals surface area contributed by atoms with E-state index in [4.69, 9.17) is 15.2 Å². The predicted molar refractivity (Wildman–Crippen MR) is 92.8 cm³/mol. The molecule has 0 saturated heterocycles. The largest absolute Gasteiger partial charge is 0.493 e. The molecular formula is C18H21N3O4. The lowest BCUT2D eigenvalue weighted by molar-refractivity contribution is 0.0778. The molecule has 0 aliphatic carbocycles. The molecule has 0 bridgehead atoms. The van der Waals surface area contributed by atoms with Crippen LogP contribution in [0, 0.1) is 6.92 Å². The van der Waals surface area contributed by atoms with Crippen LogP contribution in [0.1, 0.15) is 32.0 Å². The van der Waals surface area contributed by atoms with Gasteiger partial charge in [-0.15, -0.1) is 0 Å². The van der Waals surface area contributed by atoms with Gasteiger partial charge in [0, 0.05) is 19.8 Å². The van der Waals surface area contributed by atoms with E-state index in [0.29, 0.717) is 18.0 Å². The van der Waals surface area contributed by atoms with Crippen molar-refractivity contribution in [3.63, 3.8) is 0 Å². The minimum atomic E-state index is -0.583. The Bertz CT molecular complexity index is 788. The van der Waals surface area contributed by atoms with Gasteiger partial charge < -0.3 is 20.1 Å². The van der Waals surface area contributed by atoms with Gasteiger partial charge in [0.25, 0.3) is 5.91 Å². The molecule has 0 atom stereocenters. The Labute approximate surface area is 146 Å². The SMILES string of the molecule is COc1cc(C)c(CN(C)C(=O)c2ccc(C(N)=O)cn2)cc1OC. The number of carbonyl (C=O) groups excluding carboxylic acids is 2. The average molecular weight is 343 g/mol. The molecule has 1 aromatic heterocycles. The highest BCUT2D eigenvalue weighted by atomic mass is 16.5. The number of hydrogen-bond acceptors (Lipinski definition) is 5. The lowest BCUT2D eigenvalue weighted by atomic mass is 10.1. The minimum Gasteiger partial charge on any atom is -0.493 e. The standard InChI is InChI=1S/C18H21N3O4/c1-11-7-15(24-3)16(25-4)8-13(11)10-21(2)18(23)14-6-5-12(9-20-14)17(19)22/h5-9H,10H2,1-4H3,(H2,19,22). The molecule has 2 aromatic rings. The molecule has 2 N–H and O–H groups in total. The van der Waals surface area contributed by atoms with Crippen LogP contribution in [0.3, 0.4) is 0 Å². The summed E-state index contributed by atoms with van der Waals surface area (Å²) in [5.74, 6) is 0.403. The monoisotopic (exact) mass is 343 g/mol. The van der Waals surface area contributed by atoms with Gasteiger partial charge in [-0.1, -0.05) is 0 Å². The number of rotatable bonds is 6. The number of ether oxygens (including phenoxy) is 2. The summed E-state index contributed by atoms with van der Waals surface area (Å²) in [6.07, 6.45) is 1.30. The number of carbonyl (C=O) groups is 2. The fourth-order valence-corrected chi connectivity index (χ4v) is 2.38. The first kappa shape index (κ1) is 18.3. The smallest absolute Gasteiger partial charge is 0.272 e. The zero-order valence-corrected chi connectivity index (χ0v) is 14.7. The third-order valence-corrected chi connectivity index (χ3v) is 3.86. The van der Waals surface area contributed by atoms with E-state index in [2.05, 4.69) is 4.98 Å². The van der Waals surface area contributed by atoms with Gasteiger partial charge in [-0.3, -0.25) is 14.6 Å². The van der Waals surface area contributed by atoms with Gasteiger partial charge in [0.05, 0.1) is 19.8 Å². The van der Waals surface area contributed by atoms with Crippen LogP contribution < -0.4 is 15.2 Å². The Morgan fingerprint density at radius 3 is 2.32 bits per heavy atom. The van der Waals surface area contributed by atoms with Gasteiger partial charge in [0.2, 0.25) is 5.91 Å². The minimum absolute atomic E-state index is 0.241. The maximum atomic E-state index is 12.5. The molecule has 2 rings (SSSR count). The van der Waals surface area contributed by atoms with Crippen LogP contribution in [-0.2, 0) is 6.54 Å². The lowest BCUT2D eigenvalue weighted by Gasteiger charge is -2.19. The van der Waals surface area contributed by atoms with Gasteiger partial charge in [-0.05, 0) is 42.3 Å². The summed E-state index contributed by atoms with van der Waals surface area (Å²) in [6.45, 7) is 2.32. The second kappa shape index (κ2) is 7.65. The number of hydrogen-bond donors (Lipinski definition) is 1. The third kappa shape index (κ3) is 4.06. The van der Waals surface area contributed by atoms with Crippen LogP contribution in [0.4, 0.5) is 0 Å². The normalized spacial score (nSPS) is 10.2. The third-order valence-electron chi connectivity index (χ3n) is 3.86. The molecule has 7 nitrogen and oxygen atoms in total. The number of benzene rings is 1. The van der Waals surface area contributed by atoms with Crippen LogP contribution >= 0.6 is 0 Å². The second-order valence-corrected chi connectivity index (χ2v) is 5.59. The van der Waals surface area contributed by atoms with E-state index in [1.165, 1.54) is 18.3 Å². The summed E-state index contributed by atoms with van der Waals surface area (Å²) in [5, 5.41) is 0. The molecule has 132 valence electrons. The molecule has 25 heavy (non-hydrogen) atoms. The van der Waals surface area contributed by atoms with Crippen molar-refractivity contribution in [3.8, 4) is 11.5 Å². The van der Waals surface area contributed by atoms with Crippen LogP contribution in [-0.4, -0.2) is 43.0 Å². The molecule has 0 unspecified atom stereocenters. The molecule has 0 spiro atoms. The van der Waals surface area contributed by atoms with Crippen molar-refractivity contribution in [1.82, 2.24) is 9.88 Å². The lowest BCUT2D eigenvalue weighted by Crippen LogP contribution is -2.27. The van der Waals surface area contributed by atoms with E-state index < -0.39 is 5.91 Å². The molecule has 0 aliphatic rings. The van der Waals surface area contributed by atoms with Crippen LogP contribution in [0.2, 0.25) is 0 Å². The molecule has 2 amide bonds. The molecule has 0 aliphatic heterocycles. The summed E-state index contributed by atoms with van der Waals surface area (Å²) in [4.78, 5) is 29.1. The maximum absolute atomic E-state index is 12.5. The van der Waals surface area contributed by atoms with Crippen molar-refractivity contribution in [1.29, 1.82) is 0 Å². The highest BCUT2D eigenvalue weighted by Gasteiger charge is 2.16. The van der Waals surface area contributed by atoms with Gasteiger partial charge >= 0.3 is 0 Å².